The average Bonchev–Trinajstić information content (AvgIpc) is 3.43. The highest BCUT2D eigenvalue weighted by Crippen LogP contribution is 2.37. The summed E-state index contributed by atoms with van der Waals surface area (Å²) >= 11 is 0. The van der Waals surface area contributed by atoms with Gasteiger partial charge in [0.15, 0.2) is 17.3 Å². The smallest absolute Gasteiger partial charge is 0.333 e. The molecule has 0 aliphatic heterocycles. The first-order valence-corrected chi connectivity index (χ1v) is 12.8. The summed E-state index contributed by atoms with van der Waals surface area (Å²) in [7, 11) is -2.85. The third-order valence-electron chi connectivity index (χ3n) is 6.40. The van der Waals surface area contributed by atoms with Crippen LogP contribution in [0.3, 0.4) is 0 Å². The van der Waals surface area contributed by atoms with E-state index < -0.39 is 46.8 Å². The van der Waals surface area contributed by atoms with Gasteiger partial charge >= 0.3 is 10.3 Å². The van der Waals surface area contributed by atoms with Gasteiger partial charge in [0.1, 0.15) is 12.5 Å². The van der Waals surface area contributed by atoms with E-state index in [9.17, 15) is 27.1 Å². The number of alkyl halides is 1. The second-order valence-electron chi connectivity index (χ2n) is 8.93. The number of aliphatic hydroxyl groups excluding tert-OH is 1. The zero-order valence-corrected chi connectivity index (χ0v) is 20.6. The summed E-state index contributed by atoms with van der Waals surface area (Å²) in [4.78, 5) is 21.4. The number of halogens is 2. The van der Waals surface area contributed by atoms with E-state index >= 15 is 0 Å². The molecular weight excluding hydrogens is 510 g/mol. The Morgan fingerprint density at radius 1 is 1.30 bits per heavy atom. The maximum Gasteiger partial charge on any atom is 0.333 e. The molecule has 4 atom stereocenters. The average molecular weight is 537 g/mol. The van der Waals surface area contributed by atoms with Crippen molar-refractivity contribution in [2.45, 2.75) is 31.7 Å². The first-order chi connectivity index (χ1) is 17.6. The van der Waals surface area contributed by atoms with E-state index in [4.69, 9.17) is 9.88 Å². The number of ether oxygens (including phenoxy) is 1. The highest BCUT2D eigenvalue weighted by molar-refractivity contribution is 7.84. The molecule has 37 heavy (non-hydrogen) atoms. The van der Waals surface area contributed by atoms with Gasteiger partial charge in [0.2, 0.25) is 0 Å². The molecule has 0 unspecified atom stereocenters. The molecular formula is C24H26F2N4O6S. The summed E-state index contributed by atoms with van der Waals surface area (Å²) in [5.41, 5.74) is 1.62. The Hall–Kier alpha value is -3.26. The Morgan fingerprint density at radius 2 is 2.08 bits per heavy atom. The number of aromatic nitrogens is 3. The Balaban J connectivity index is 1.47. The van der Waals surface area contributed by atoms with E-state index in [0.29, 0.717) is 17.8 Å². The van der Waals surface area contributed by atoms with Crippen LogP contribution in [0.25, 0.3) is 0 Å². The molecule has 13 heteroatoms. The molecule has 3 aromatic rings. The fraction of sp³-hybridized carbons (Fsp3) is 0.375. The van der Waals surface area contributed by atoms with Crippen LogP contribution in [0.5, 0.6) is 5.75 Å². The molecule has 0 amide bonds. The van der Waals surface area contributed by atoms with Gasteiger partial charge in [0.05, 0.1) is 31.1 Å². The van der Waals surface area contributed by atoms with Crippen molar-refractivity contribution in [3.05, 3.63) is 77.4 Å². The first-order valence-electron chi connectivity index (χ1n) is 11.4. The Bertz CT molecular complexity index is 1380. The van der Waals surface area contributed by atoms with Crippen LogP contribution < -0.4 is 9.88 Å². The minimum absolute atomic E-state index is 0.0315. The second-order valence-corrected chi connectivity index (χ2v) is 10.1. The molecule has 1 saturated carbocycles. The minimum atomic E-state index is -4.22. The third kappa shape index (κ3) is 6.36. The molecule has 10 nitrogen and oxygen atoms in total. The number of ketones is 1. The summed E-state index contributed by atoms with van der Waals surface area (Å²) in [6.45, 7) is -0.0759. The molecule has 1 fully saturated rings. The van der Waals surface area contributed by atoms with Crippen LogP contribution >= 0.6 is 0 Å². The van der Waals surface area contributed by atoms with E-state index in [0.717, 1.165) is 5.56 Å². The number of carbonyl (C=O) groups excluding carboxylic acids is 1. The fourth-order valence-corrected chi connectivity index (χ4v) is 4.90. The predicted molar refractivity (Wildman–Crippen MR) is 127 cm³/mol. The molecule has 3 N–H and O–H groups in total. The number of hydrogen-bond acceptors (Lipinski definition) is 8. The molecule has 4 rings (SSSR count). The standard InChI is InChI=1S/C24H26F2N4O6S/c1-35-21-6-14(2-3-19(21)25)10-30-5-4-15(11-30)23(31)18-9-28-13-29-20(18)8-16-7-17(24(32)22(16)26)12-36-37(27,33)34/h2-6,9,11,13,16-17,22,24,32H,7-8,10,12H2,1H3,(H2,27,33,34)/t16-,17+,22+,24+/m0/s1. The van der Waals surface area contributed by atoms with Crippen molar-refractivity contribution in [3.63, 3.8) is 0 Å². The van der Waals surface area contributed by atoms with Crippen LogP contribution in [-0.4, -0.2) is 59.8 Å². The highest BCUT2D eigenvalue weighted by atomic mass is 32.2. The second kappa shape index (κ2) is 11.0. The van der Waals surface area contributed by atoms with Gasteiger partial charge in [-0.1, -0.05) is 6.07 Å². The number of nitrogens with zero attached hydrogens (tertiary/aromatic N) is 3. The molecule has 1 aliphatic rings. The molecule has 2 aromatic heterocycles. The van der Waals surface area contributed by atoms with Gasteiger partial charge in [-0.3, -0.25) is 8.98 Å². The summed E-state index contributed by atoms with van der Waals surface area (Å²) in [5.74, 6) is -2.22. The predicted octanol–water partition coefficient (Wildman–Crippen LogP) is 1.80. The van der Waals surface area contributed by atoms with Crippen molar-refractivity contribution in [3.8, 4) is 5.75 Å². The van der Waals surface area contributed by atoms with Crippen molar-refractivity contribution < 1.29 is 36.0 Å². The van der Waals surface area contributed by atoms with E-state index in [1.54, 1.807) is 35.2 Å². The lowest BCUT2D eigenvalue weighted by molar-refractivity contribution is 0.0438. The van der Waals surface area contributed by atoms with E-state index in [1.807, 2.05) is 0 Å². The van der Waals surface area contributed by atoms with Crippen LogP contribution in [0.15, 0.2) is 49.2 Å². The lowest BCUT2D eigenvalue weighted by Gasteiger charge is -2.15. The summed E-state index contributed by atoms with van der Waals surface area (Å²) in [6, 6.07) is 6.12. The molecule has 2 heterocycles. The van der Waals surface area contributed by atoms with Crippen molar-refractivity contribution in [1.29, 1.82) is 0 Å². The molecule has 1 aliphatic carbocycles. The zero-order chi connectivity index (χ0) is 26.7. The number of aliphatic hydroxyl groups is 1. The van der Waals surface area contributed by atoms with Crippen LogP contribution in [0.4, 0.5) is 8.78 Å². The number of rotatable bonds is 10. The van der Waals surface area contributed by atoms with E-state index in [2.05, 4.69) is 14.2 Å². The maximum atomic E-state index is 14.8. The molecule has 1 aromatic carbocycles. The molecule has 0 radical (unpaired) electrons. The highest BCUT2D eigenvalue weighted by Gasteiger charge is 2.43. The summed E-state index contributed by atoms with van der Waals surface area (Å²) < 4.78 is 61.9. The molecule has 0 saturated heterocycles. The lowest BCUT2D eigenvalue weighted by atomic mass is 9.95. The molecule has 198 valence electrons. The van der Waals surface area contributed by atoms with Gasteiger partial charge in [-0.2, -0.15) is 8.42 Å². The normalized spacial score (nSPS) is 21.8. The number of nitrogens with two attached hydrogens (primary N) is 1. The molecule has 0 bridgehead atoms. The van der Waals surface area contributed by atoms with E-state index in [-0.39, 0.29) is 29.9 Å². The Morgan fingerprint density at radius 3 is 2.81 bits per heavy atom. The van der Waals surface area contributed by atoms with Crippen molar-refractivity contribution in [2.75, 3.05) is 13.7 Å². The number of carbonyl (C=O) groups is 1. The van der Waals surface area contributed by atoms with Gasteiger partial charge < -0.3 is 14.4 Å². The lowest BCUT2D eigenvalue weighted by Crippen LogP contribution is -2.29. The van der Waals surface area contributed by atoms with Gasteiger partial charge in [-0.25, -0.2) is 23.9 Å². The number of methoxy groups -OCH3 is 1. The van der Waals surface area contributed by atoms with Crippen LogP contribution in [0.1, 0.15) is 33.6 Å². The quantitative estimate of drug-likeness (QED) is 0.373. The summed E-state index contributed by atoms with van der Waals surface area (Å²) in [6.07, 6.45) is 2.98. The SMILES string of the molecule is COc1cc(Cn2ccc(C(=O)c3cncnc3C[C@@H]3C[C@H](COS(N)(=O)=O)[C@@H](O)[C@@H]3F)c2)ccc1F. The topological polar surface area (TPSA) is 147 Å². The maximum absolute atomic E-state index is 14.8. The minimum Gasteiger partial charge on any atom is -0.494 e. The summed E-state index contributed by atoms with van der Waals surface area (Å²) in [5, 5.41) is 15.0. The van der Waals surface area contributed by atoms with Gasteiger partial charge in [0.25, 0.3) is 0 Å². The zero-order valence-electron chi connectivity index (χ0n) is 19.8. The third-order valence-corrected chi connectivity index (χ3v) is 6.86. The first kappa shape index (κ1) is 26.8. The molecule has 0 spiro atoms. The van der Waals surface area contributed by atoms with Gasteiger partial charge in [-0.05, 0) is 42.5 Å². The van der Waals surface area contributed by atoms with Crippen molar-refractivity contribution >= 4 is 16.1 Å². The van der Waals surface area contributed by atoms with Gasteiger partial charge in [0, 0.05) is 36.6 Å². The fourth-order valence-electron chi connectivity index (χ4n) is 4.54. The Labute approximate surface area is 212 Å². The van der Waals surface area contributed by atoms with Crippen LogP contribution in [0, 0.1) is 17.7 Å². The largest absolute Gasteiger partial charge is 0.494 e. The van der Waals surface area contributed by atoms with Crippen LogP contribution in [0.2, 0.25) is 0 Å². The van der Waals surface area contributed by atoms with Crippen molar-refractivity contribution in [1.82, 2.24) is 14.5 Å². The number of hydrogen-bond donors (Lipinski definition) is 2. The van der Waals surface area contributed by atoms with Gasteiger partial charge in [-0.15, -0.1) is 0 Å². The monoisotopic (exact) mass is 536 g/mol. The van der Waals surface area contributed by atoms with Crippen molar-refractivity contribution in [2.24, 2.45) is 17.0 Å². The Kier molecular flexibility index (Phi) is 7.97. The van der Waals surface area contributed by atoms with E-state index in [1.165, 1.54) is 25.7 Å². The number of benzene rings is 1. The van der Waals surface area contributed by atoms with Crippen LogP contribution in [-0.2, 0) is 27.5 Å².